The number of rotatable bonds is 6. The number of imidazole rings is 1. The van der Waals surface area contributed by atoms with Gasteiger partial charge in [0.05, 0.1) is 17.6 Å². The number of carboxylic acid groups (broad SMARTS) is 1. The van der Waals surface area contributed by atoms with Gasteiger partial charge >= 0.3 is 5.97 Å². The quantitative estimate of drug-likeness (QED) is 0.464. The molecule has 6 nitrogen and oxygen atoms in total. The minimum Gasteiger partial charge on any atom is -0.480 e. The van der Waals surface area contributed by atoms with Crippen molar-refractivity contribution in [1.82, 2.24) is 19.4 Å². The average molecular weight is 533 g/mol. The van der Waals surface area contributed by atoms with E-state index in [1.165, 1.54) is 94.8 Å². The van der Waals surface area contributed by atoms with E-state index in [9.17, 15) is 9.90 Å². The van der Waals surface area contributed by atoms with Crippen LogP contribution in [0.2, 0.25) is 0 Å². The molecule has 0 amide bonds. The van der Waals surface area contributed by atoms with Crippen LogP contribution in [0.5, 0.6) is 0 Å². The first-order valence-electron chi connectivity index (χ1n) is 16.3. The first-order chi connectivity index (χ1) is 19.1. The molecule has 5 aliphatic rings. The Bertz CT molecular complexity index is 1130. The van der Waals surface area contributed by atoms with E-state index in [0.29, 0.717) is 18.1 Å². The van der Waals surface area contributed by atoms with Crippen molar-refractivity contribution in [2.75, 3.05) is 13.1 Å². The molecular weight excluding hydrogens is 484 g/mol. The van der Waals surface area contributed by atoms with E-state index in [0.717, 1.165) is 49.2 Å². The summed E-state index contributed by atoms with van der Waals surface area (Å²) in [5.74, 6) is 2.43. The second kappa shape index (κ2) is 11.2. The zero-order chi connectivity index (χ0) is 26.3. The minimum atomic E-state index is -0.710. The number of benzene rings is 1. The van der Waals surface area contributed by atoms with Crippen LogP contribution in [0.3, 0.4) is 0 Å². The molecule has 4 heterocycles. The topological polar surface area (TPSA) is 61.6 Å². The van der Waals surface area contributed by atoms with Gasteiger partial charge in [0, 0.05) is 36.6 Å². The van der Waals surface area contributed by atoms with Crippen LogP contribution in [-0.4, -0.2) is 67.7 Å². The molecule has 3 aliphatic heterocycles. The Hall–Kier alpha value is -1.92. The summed E-state index contributed by atoms with van der Waals surface area (Å²) < 4.78 is 2.63. The second-order valence-electron chi connectivity index (χ2n) is 13.8. The van der Waals surface area contributed by atoms with Crippen molar-refractivity contribution < 1.29 is 9.90 Å². The smallest absolute Gasteiger partial charge is 0.317 e. The van der Waals surface area contributed by atoms with Crippen molar-refractivity contribution in [2.45, 2.75) is 133 Å². The first kappa shape index (κ1) is 26.0. The molecule has 6 heteroatoms. The lowest BCUT2D eigenvalue weighted by Crippen LogP contribution is -2.58. The van der Waals surface area contributed by atoms with Crippen LogP contribution in [0.4, 0.5) is 0 Å². The number of fused-ring (bicyclic) bond motifs is 5. The fourth-order valence-electron chi connectivity index (χ4n) is 9.84. The number of nitrogens with zero attached hydrogens (tertiary/aromatic N) is 4. The lowest BCUT2D eigenvalue weighted by Gasteiger charge is -2.54. The summed E-state index contributed by atoms with van der Waals surface area (Å²) in [5.41, 5.74) is 2.39. The highest BCUT2D eigenvalue weighted by Crippen LogP contribution is 2.47. The zero-order valence-electron chi connectivity index (χ0n) is 23.7. The van der Waals surface area contributed by atoms with Crippen molar-refractivity contribution in [3.63, 3.8) is 0 Å². The highest BCUT2D eigenvalue weighted by atomic mass is 16.4. The van der Waals surface area contributed by atoms with E-state index in [-0.39, 0.29) is 12.6 Å². The fourth-order valence-corrected chi connectivity index (χ4v) is 9.84. The van der Waals surface area contributed by atoms with E-state index in [1.54, 1.807) is 0 Å². The maximum atomic E-state index is 11.6. The molecule has 3 saturated heterocycles. The first-order valence-corrected chi connectivity index (χ1v) is 16.3. The van der Waals surface area contributed by atoms with Crippen LogP contribution in [0, 0.1) is 11.8 Å². The van der Waals surface area contributed by atoms with Crippen molar-refractivity contribution >= 4 is 17.0 Å². The van der Waals surface area contributed by atoms with Gasteiger partial charge in [-0.05, 0) is 88.3 Å². The van der Waals surface area contributed by atoms with Gasteiger partial charge in [-0.2, -0.15) is 0 Å². The van der Waals surface area contributed by atoms with Crippen LogP contribution in [0.1, 0.15) is 108 Å². The summed E-state index contributed by atoms with van der Waals surface area (Å²) in [6.45, 7) is 1.04. The van der Waals surface area contributed by atoms with Crippen molar-refractivity contribution in [3.8, 4) is 0 Å². The van der Waals surface area contributed by atoms with Crippen LogP contribution in [0.15, 0.2) is 24.3 Å². The molecule has 2 aliphatic carbocycles. The van der Waals surface area contributed by atoms with E-state index in [4.69, 9.17) is 4.98 Å². The van der Waals surface area contributed by atoms with Crippen molar-refractivity contribution in [3.05, 3.63) is 30.1 Å². The van der Waals surface area contributed by atoms with Gasteiger partial charge in [-0.3, -0.25) is 14.6 Å². The standard InChI is InChI=1S/C33H48N4O2/c38-33(39)22-35-15-6-5-10-25(35)21-32-34-30-13-3-4-14-31(30)37(32)29-19-26-11-7-12-27(20-29)36(26)28-17-23-8-1-2-9-24(16-23)18-28/h3-4,13-14,23-29H,1-2,5-12,15-22H2,(H,38,39)/t23-,24+,25?,26-,27+,28?,29?. The molecule has 4 bridgehead atoms. The lowest BCUT2D eigenvalue weighted by molar-refractivity contribution is -0.139. The monoisotopic (exact) mass is 532 g/mol. The summed E-state index contributed by atoms with van der Waals surface area (Å²) >= 11 is 0. The number of carbonyl (C=O) groups is 1. The molecule has 7 atom stereocenters. The molecule has 0 radical (unpaired) electrons. The van der Waals surface area contributed by atoms with E-state index < -0.39 is 5.97 Å². The van der Waals surface area contributed by atoms with E-state index >= 15 is 0 Å². The molecule has 39 heavy (non-hydrogen) atoms. The molecule has 5 fully saturated rings. The SMILES string of the molecule is O=C(O)CN1CCCCC1Cc1nc2ccccc2n1C1C[C@H]2CCC[C@@H](C1)N2C1C[C@H]2CCCC[C@@H](C1)C2. The molecule has 1 aromatic carbocycles. The molecule has 1 N–H and O–H groups in total. The molecule has 1 aromatic heterocycles. The van der Waals surface area contributed by atoms with Gasteiger partial charge in [0.1, 0.15) is 5.82 Å². The predicted molar refractivity (Wildman–Crippen MR) is 155 cm³/mol. The van der Waals surface area contributed by atoms with Crippen LogP contribution in [-0.2, 0) is 11.2 Å². The van der Waals surface area contributed by atoms with Gasteiger partial charge in [0.25, 0.3) is 0 Å². The highest BCUT2D eigenvalue weighted by molar-refractivity contribution is 5.76. The Morgan fingerprint density at radius 3 is 2.26 bits per heavy atom. The second-order valence-corrected chi connectivity index (χ2v) is 13.8. The number of para-hydroxylation sites is 2. The summed E-state index contributed by atoms with van der Waals surface area (Å²) in [5, 5.41) is 9.55. The molecule has 2 saturated carbocycles. The predicted octanol–water partition coefficient (Wildman–Crippen LogP) is 6.43. The Labute approximate surface area is 234 Å². The Morgan fingerprint density at radius 1 is 0.795 bits per heavy atom. The molecule has 2 aromatic rings. The summed E-state index contributed by atoms with van der Waals surface area (Å²) in [6.07, 6.45) is 21.1. The Balaban J connectivity index is 1.16. The fraction of sp³-hybridized carbons (Fsp3) is 0.758. The highest BCUT2D eigenvalue weighted by Gasteiger charge is 2.45. The summed E-state index contributed by atoms with van der Waals surface area (Å²) in [6, 6.07) is 11.7. The number of piperidine rings is 3. The van der Waals surface area contributed by atoms with Crippen LogP contribution in [0.25, 0.3) is 11.0 Å². The van der Waals surface area contributed by atoms with E-state index in [2.05, 4.69) is 38.6 Å². The van der Waals surface area contributed by atoms with Crippen LogP contribution < -0.4 is 0 Å². The number of hydrogen-bond acceptors (Lipinski definition) is 4. The Morgan fingerprint density at radius 2 is 1.51 bits per heavy atom. The van der Waals surface area contributed by atoms with Crippen molar-refractivity contribution in [1.29, 1.82) is 0 Å². The van der Waals surface area contributed by atoms with Gasteiger partial charge in [-0.15, -0.1) is 0 Å². The average Bonchev–Trinajstić information content (AvgIpc) is 3.19. The number of likely N-dealkylation sites (tertiary alicyclic amines) is 1. The normalized spacial score (nSPS) is 36.1. The van der Waals surface area contributed by atoms with Gasteiger partial charge < -0.3 is 9.67 Å². The van der Waals surface area contributed by atoms with Crippen LogP contribution >= 0.6 is 0 Å². The van der Waals surface area contributed by atoms with Gasteiger partial charge in [0.2, 0.25) is 0 Å². The largest absolute Gasteiger partial charge is 0.480 e. The molecular formula is C33H48N4O2. The van der Waals surface area contributed by atoms with E-state index in [1.807, 2.05) is 0 Å². The third-order valence-electron chi connectivity index (χ3n) is 11.3. The minimum absolute atomic E-state index is 0.150. The molecule has 7 rings (SSSR count). The maximum Gasteiger partial charge on any atom is 0.317 e. The molecule has 0 spiro atoms. The summed E-state index contributed by atoms with van der Waals surface area (Å²) in [7, 11) is 0. The third kappa shape index (κ3) is 5.28. The number of hydrogen-bond donors (Lipinski definition) is 1. The molecule has 3 unspecified atom stereocenters. The van der Waals surface area contributed by atoms with Gasteiger partial charge in [-0.25, -0.2) is 4.98 Å². The third-order valence-corrected chi connectivity index (χ3v) is 11.3. The van der Waals surface area contributed by atoms with Gasteiger partial charge in [0.15, 0.2) is 0 Å². The van der Waals surface area contributed by atoms with Gasteiger partial charge in [-0.1, -0.05) is 50.7 Å². The number of carboxylic acids is 1. The maximum absolute atomic E-state index is 11.6. The number of aromatic nitrogens is 2. The summed E-state index contributed by atoms with van der Waals surface area (Å²) in [4.78, 5) is 22.1. The lowest BCUT2D eigenvalue weighted by atomic mass is 9.73. The van der Waals surface area contributed by atoms with Crippen molar-refractivity contribution in [2.24, 2.45) is 11.8 Å². The Kier molecular flexibility index (Phi) is 7.44. The number of aliphatic carboxylic acids is 1. The molecule has 212 valence electrons. The zero-order valence-corrected chi connectivity index (χ0v) is 23.7.